The molecular formula is C16H17BrN4O. The second-order valence-corrected chi connectivity index (χ2v) is 6.27. The second-order valence-electron chi connectivity index (χ2n) is 5.35. The SMILES string of the molecule is O=C(Nc1ccc(Br)cc1)c1ccnc(NC2CCCC2)n1. The van der Waals surface area contributed by atoms with Gasteiger partial charge in [-0.15, -0.1) is 0 Å². The van der Waals surface area contributed by atoms with Gasteiger partial charge >= 0.3 is 0 Å². The third kappa shape index (κ3) is 3.82. The Kier molecular flexibility index (Phi) is 4.68. The molecule has 0 saturated heterocycles. The summed E-state index contributed by atoms with van der Waals surface area (Å²) < 4.78 is 0.968. The van der Waals surface area contributed by atoms with E-state index in [1.807, 2.05) is 24.3 Å². The Bertz CT molecular complexity index is 653. The van der Waals surface area contributed by atoms with Crippen molar-refractivity contribution in [2.24, 2.45) is 0 Å². The molecule has 1 heterocycles. The van der Waals surface area contributed by atoms with Gasteiger partial charge in [-0.1, -0.05) is 28.8 Å². The smallest absolute Gasteiger partial charge is 0.274 e. The molecule has 114 valence electrons. The highest BCUT2D eigenvalue weighted by molar-refractivity contribution is 9.10. The first-order valence-electron chi connectivity index (χ1n) is 7.37. The van der Waals surface area contributed by atoms with Gasteiger partial charge < -0.3 is 10.6 Å². The van der Waals surface area contributed by atoms with Gasteiger partial charge in [0.25, 0.3) is 5.91 Å². The fourth-order valence-corrected chi connectivity index (χ4v) is 2.80. The average Bonchev–Trinajstić information content (AvgIpc) is 3.03. The summed E-state index contributed by atoms with van der Waals surface area (Å²) >= 11 is 3.37. The lowest BCUT2D eigenvalue weighted by molar-refractivity contribution is 0.102. The van der Waals surface area contributed by atoms with Crippen LogP contribution in [0.1, 0.15) is 36.2 Å². The van der Waals surface area contributed by atoms with Crippen molar-refractivity contribution in [1.82, 2.24) is 9.97 Å². The maximum Gasteiger partial charge on any atom is 0.274 e. The Labute approximate surface area is 137 Å². The zero-order valence-corrected chi connectivity index (χ0v) is 13.6. The molecule has 3 rings (SSSR count). The predicted octanol–water partition coefficient (Wildman–Crippen LogP) is 3.85. The fraction of sp³-hybridized carbons (Fsp3) is 0.312. The summed E-state index contributed by atoms with van der Waals surface area (Å²) in [7, 11) is 0. The van der Waals surface area contributed by atoms with Gasteiger partial charge in [-0.25, -0.2) is 9.97 Å². The van der Waals surface area contributed by atoms with Gasteiger partial charge in [0.1, 0.15) is 5.69 Å². The normalized spacial score (nSPS) is 14.8. The molecule has 1 aromatic heterocycles. The summed E-state index contributed by atoms with van der Waals surface area (Å²) in [6.45, 7) is 0. The van der Waals surface area contributed by atoms with Crippen LogP contribution in [0.25, 0.3) is 0 Å². The van der Waals surface area contributed by atoms with Crippen molar-refractivity contribution in [3.8, 4) is 0 Å². The summed E-state index contributed by atoms with van der Waals surface area (Å²) in [6, 6.07) is 9.46. The van der Waals surface area contributed by atoms with Crippen molar-refractivity contribution in [3.05, 3.63) is 46.7 Å². The van der Waals surface area contributed by atoms with Crippen LogP contribution < -0.4 is 10.6 Å². The molecule has 0 aliphatic heterocycles. The lowest BCUT2D eigenvalue weighted by Gasteiger charge is -2.12. The zero-order valence-electron chi connectivity index (χ0n) is 12.1. The number of halogens is 1. The van der Waals surface area contributed by atoms with Crippen LogP contribution in [0.2, 0.25) is 0 Å². The molecule has 1 fully saturated rings. The quantitative estimate of drug-likeness (QED) is 0.868. The Morgan fingerprint density at radius 2 is 1.86 bits per heavy atom. The molecule has 0 spiro atoms. The fourth-order valence-electron chi connectivity index (χ4n) is 2.54. The molecule has 1 aromatic carbocycles. The predicted molar refractivity (Wildman–Crippen MR) is 90.0 cm³/mol. The van der Waals surface area contributed by atoms with Crippen LogP contribution in [0.5, 0.6) is 0 Å². The minimum absolute atomic E-state index is 0.237. The number of hydrogen-bond acceptors (Lipinski definition) is 4. The van der Waals surface area contributed by atoms with Crippen LogP contribution in [-0.4, -0.2) is 21.9 Å². The third-order valence-electron chi connectivity index (χ3n) is 3.68. The number of benzene rings is 1. The van der Waals surface area contributed by atoms with Gasteiger partial charge in [0.2, 0.25) is 5.95 Å². The largest absolute Gasteiger partial charge is 0.351 e. The average molecular weight is 361 g/mol. The third-order valence-corrected chi connectivity index (χ3v) is 4.21. The minimum Gasteiger partial charge on any atom is -0.351 e. The Balaban J connectivity index is 1.67. The molecule has 6 heteroatoms. The summed E-state index contributed by atoms with van der Waals surface area (Å²) in [5.41, 5.74) is 1.09. The Morgan fingerprint density at radius 1 is 1.14 bits per heavy atom. The maximum absolute atomic E-state index is 12.2. The van der Waals surface area contributed by atoms with E-state index in [1.165, 1.54) is 12.8 Å². The Hall–Kier alpha value is -1.95. The van der Waals surface area contributed by atoms with E-state index in [0.717, 1.165) is 23.0 Å². The number of anilines is 2. The van der Waals surface area contributed by atoms with Gasteiger partial charge in [0.05, 0.1) is 0 Å². The van der Waals surface area contributed by atoms with Crippen molar-refractivity contribution in [3.63, 3.8) is 0 Å². The van der Waals surface area contributed by atoms with Gasteiger partial charge in [-0.2, -0.15) is 0 Å². The highest BCUT2D eigenvalue weighted by atomic mass is 79.9. The van der Waals surface area contributed by atoms with Crippen molar-refractivity contribution in [2.45, 2.75) is 31.7 Å². The molecule has 1 aliphatic rings. The van der Waals surface area contributed by atoms with E-state index >= 15 is 0 Å². The number of amides is 1. The molecule has 1 saturated carbocycles. The molecular weight excluding hydrogens is 344 g/mol. The number of carbonyl (C=O) groups excluding carboxylic acids is 1. The highest BCUT2D eigenvalue weighted by Crippen LogP contribution is 2.20. The number of aromatic nitrogens is 2. The number of rotatable bonds is 4. The van der Waals surface area contributed by atoms with E-state index < -0.39 is 0 Å². The van der Waals surface area contributed by atoms with Crippen LogP contribution in [-0.2, 0) is 0 Å². The Morgan fingerprint density at radius 3 is 2.59 bits per heavy atom. The van der Waals surface area contributed by atoms with Crippen LogP contribution in [0.3, 0.4) is 0 Å². The standard InChI is InChI=1S/C16H17BrN4O/c17-11-5-7-13(8-6-11)19-15(22)14-9-10-18-16(21-14)20-12-3-1-2-4-12/h5-10,12H,1-4H2,(H,19,22)(H,18,20,21). The molecule has 22 heavy (non-hydrogen) atoms. The van der Waals surface area contributed by atoms with Crippen LogP contribution in [0, 0.1) is 0 Å². The van der Waals surface area contributed by atoms with Gasteiger partial charge in [0, 0.05) is 22.4 Å². The highest BCUT2D eigenvalue weighted by Gasteiger charge is 2.16. The van der Waals surface area contributed by atoms with Crippen LogP contribution in [0.4, 0.5) is 11.6 Å². The van der Waals surface area contributed by atoms with Crippen molar-refractivity contribution >= 4 is 33.5 Å². The van der Waals surface area contributed by atoms with E-state index in [2.05, 4.69) is 36.5 Å². The summed E-state index contributed by atoms with van der Waals surface area (Å²) in [6.07, 6.45) is 6.36. The van der Waals surface area contributed by atoms with E-state index in [9.17, 15) is 4.79 Å². The summed E-state index contributed by atoms with van der Waals surface area (Å²) in [4.78, 5) is 20.7. The maximum atomic E-state index is 12.2. The van der Waals surface area contributed by atoms with E-state index in [1.54, 1.807) is 12.3 Å². The first-order chi connectivity index (χ1) is 10.7. The number of hydrogen-bond donors (Lipinski definition) is 2. The van der Waals surface area contributed by atoms with Crippen LogP contribution >= 0.6 is 15.9 Å². The number of nitrogens with one attached hydrogen (secondary N) is 2. The molecule has 2 N–H and O–H groups in total. The molecule has 0 atom stereocenters. The molecule has 1 aliphatic carbocycles. The molecule has 0 unspecified atom stereocenters. The topological polar surface area (TPSA) is 66.9 Å². The first-order valence-corrected chi connectivity index (χ1v) is 8.16. The van der Waals surface area contributed by atoms with Crippen molar-refractivity contribution in [2.75, 3.05) is 10.6 Å². The summed E-state index contributed by atoms with van der Waals surface area (Å²) in [5, 5.41) is 6.13. The summed E-state index contributed by atoms with van der Waals surface area (Å²) in [5.74, 6) is 0.287. The van der Waals surface area contributed by atoms with E-state index in [4.69, 9.17) is 0 Å². The molecule has 0 radical (unpaired) electrons. The molecule has 5 nitrogen and oxygen atoms in total. The monoisotopic (exact) mass is 360 g/mol. The van der Waals surface area contributed by atoms with Crippen molar-refractivity contribution < 1.29 is 4.79 Å². The van der Waals surface area contributed by atoms with E-state index in [0.29, 0.717) is 17.7 Å². The van der Waals surface area contributed by atoms with E-state index in [-0.39, 0.29) is 5.91 Å². The lowest BCUT2D eigenvalue weighted by Crippen LogP contribution is -2.19. The lowest BCUT2D eigenvalue weighted by atomic mass is 10.2. The van der Waals surface area contributed by atoms with Gasteiger partial charge in [0.15, 0.2) is 0 Å². The molecule has 0 bridgehead atoms. The molecule has 2 aromatic rings. The zero-order chi connectivity index (χ0) is 15.4. The van der Waals surface area contributed by atoms with Crippen LogP contribution in [0.15, 0.2) is 41.0 Å². The molecule has 1 amide bonds. The number of carbonyl (C=O) groups is 1. The van der Waals surface area contributed by atoms with Crippen molar-refractivity contribution in [1.29, 1.82) is 0 Å². The second kappa shape index (κ2) is 6.87. The van der Waals surface area contributed by atoms with Gasteiger partial charge in [-0.3, -0.25) is 4.79 Å². The first kappa shape index (κ1) is 15.0. The minimum atomic E-state index is -0.237. The van der Waals surface area contributed by atoms with Gasteiger partial charge in [-0.05, 0) is 43.2 Å². The number of nitrogens with zero attached hydrogens (tertiary/aromatic N) is 2.